The van der Waals surface area contributed by atoms with Crippen LogP contribution in [0.5, 0.6) is 0 Å². The van der Waals surface area contributed by atoms with Gasteiger partial charge in [-0.1, -0.05) is 30.3 Å². The van der Waals surface area contributed by atoms with Crippen LogP contribution in [-0.2, 0) is 4.79 Å². The van der Waals surface area contributed by atoms with Crippen molar-refractivity contribution in [3.63, 3.8) is 0 Å². The van der Waals surface area contributed by atoms with Crippen LogP contribution in [-0.4, -0.2) is 45.9 Å². The third-order valence-corrected chi connectivity index (χ3v) is 4.10. The molecule has 2 heterocycles. The predicted octanol–water partition coefficient (Wildman–Crippen LogP) is 1.48. The van der Waals surface area contributed by atoms with Crippen LogP contribution in [0.25, 0.3) is 0 Å². The summed E-state index contributed by atoms with van der Waals surface area (Å²) in [6, 6.07) is 11.7. The first-order valence-electron chi connectivity index (χ1n) is 7.88. The summed E-state index contributed by atoms with van der Waals surface area (Å²) in [5, 5.41) is 11.7. The molecule has 3 rings (SSSR count). The van der Waals surface area contributed by atoms with Gasteiger partial charge in [0.05, 0.1) is 18.0 Å². The Kier molecular flexibility index (Phi) is 4.74. The molecule has 0 aliphatic carbocycles. The second kappa shape index (κ2) is 7.12. The first-order chi connectivity index (χ1) is 12.1. The number of pyridine rings is 1. The largest absolute Gasteiger partial charge is 0.477 e. The molecule has 1 aromatic carbocycles. The van der Waals surface area contributed by atoms with Crippen molar-refractivity contribution in [1.82, 2.24) is 15.2 Å². The number of carbonyl (C=O) groups is 3. The van der Waals surface area contributed by atoms with Crippen LogP contribution in [0.2, 0.25) is 0 Å². The van der Waals surface area contributed by atoms with E-state index in [9.17, 15) is 14.4 Å². The summed E-state index contributed by atoms with van der Waals surface area (Å²) in [5.41, 5.74) is 1.05. The maximum absolute atomic E-state index is 12.9. The number of hydrogen-bond donors (Lipinski definition) is 2. The zero-order valence-corrected chi connectivity index (χ0v) is 13.4. The molecule has 1 aliphatic heterocycles. The number of carboxylic acid groups (broad SMARTS) is 1. The number of carbonyl (C=O) groups excluding carboxylic acids is 2. The standard InChI is InChI=1S/C18H17N3O4/c22-16-10-15(12-4-2-1-3-5-12)21(9-8-19-16)17(23)13-6-7-14(18(24)25)20-11-13/h1-7,11,15H,8-10H2,(H,19,22)(H,24,25)/t15-/m1/s1. The molecule has 0 unspecified atom stereocenters. The summed E-state index contributed by atoms with van der Waals surface area (Å²) in [5.74, 6) is -1.54. The number of carboxylic acids is 1. The Morgan fingerprint density at radius 2 is 1.92 bits per heavy atom. The highest BCUT2D eigenvalue weighted by molar-refractivity contribution is 5.95. The van der Waals surface area contributed by atoms with E-state index in [1.165, 1.54) is 18.3 Å². The Morgan fingerprint density at radius 3 is 2.56 bits per heavy atom. The van der Waals surface area contributed by atoms with Crippen molar-refractivity contribution in [2.24, 2.45) is 0 Å². The highest BCUT2D eigenvalue weighted by Gasteiger charge is 2.30. The second-order valence-electron chi connectivity index (χ2n) is 5.72. The van der Waals surface area contributed by atoms with Crippen LogP contribution in [0.3, 0.4) is 0 Å². The number of nitrogens with one attached hydrogen (secondary N) is 1. The van der Waals surface area contributed by atoms with Crippen LogP contribution in [0.1, 0.15) is 38.9 Å². The lowest BCUT2D eigenvalue weighted by Gasteiger charge is -2.29. The van der Waals surface area contributed by atoms with Gasteiger partial charge in [0.2, 0.25) is 5.91 Å². The van der Waals surface area contributed by atoms with Crippen LogP contribution in [0, 0.1) is 0 Å². The first kappa shape index (κ1) is 16.6. The summed E-state index contributed by atoms with van der Waals surface area (Å²) in [4.78, 5) is 41.2. The van der Waals surface area contributed by atoms with Crippen molar-refractivity contribution in [3.05, 3.63) is 65.5 Å². The second-order valence-corrected chi connectivity index (χ2v) is 5.72. The van der Waals surface area contributed by atoms with E-state index in [2.05, 4.69) is 10.3 Å². The van der Waals surface area contributed by atoms with Gasteiger partial charge in [-0.25, -0.2) is 9.78 Å². The molecule has 0 bridgehead atoms. The van der Waals surface area contributed by atoms with E-state index < -0.39 is 5.97 Å². The van der Waals surface area contributed by atoms with Crippen LogP contribution >= 0.6 is 0 Å². The molecule has 2 aromatic rings. The van der Waals surface area contributed by atoms with Gasteiger partial charge >= 0.3 is 5.97 Å². The van der Waals surface area contributed by atoms with Crippen molar-refractivity contribution in [2.45, 2.75) is 12.5 Å². The molecule has 0 saturated carbocycles. The quantitative estimate of drug-likeness (QED) is 0.882. The smallest absolute Gasteiger partial charge is 0.354 e. The normalized spacial score (nSPS) is 17.5. The van der Waals surface area contributed by atoms with E-state index in [-0.39, 0.29) is 30.0 Å². The number of aromatic nitrogens is 1. The Balaban J connectivity index is 1.92. The summed E-state index contributed by atoms with van der Waals surface area (Å²) in [6.07, 6.45) is 1.43. The van der Waals surface area contributed by atoms with Gasteiger partial charge in [-0.3, -0.25) is 9.59 Å². The van der Waals surface area contributed by atoms with Crippen LogP contribution < -0.4 is 5.32 Å². The van der Waals surface area contributed by atoms with Gasteiger partial charge in [-0.2, -0.15) is 0 Å². The van der Waals surface area contributed by atoms with Gasteiger partial charge in [-0.15, -0.1) is 0 Å². The molecule has 7 heteroatoms. The van der Waals surface area contributed by atoms with Crippen molar-refractivity contribution in [3.8, 4) is 0 Å². The van der Waals surface area contributed by atoms with E-state index in [1.807, 2.05) is 30.3 Å². The van der Waals surface area contributed by atoms with Crippen LogP contribution in [0.4, 0.5) is 0 Å². The lowest BCUT2D eigenvalue weighted by molar-refractivity contribution is -0.121. The fraction of sp³-hybridized carbons (Fsp3) is 0.222. The van der Waals surface area contributed by atoms with Gasteiger partial charge in [-0.05, 0) is 17.7 Å². The average Bonchev–Trinajstić information content (AvgIpc) is 2.83. The lowest BCUT2D eigenvalue weighted by atomic mass is 10.0. The number of nitrogens with zero attached hydrogens (tertiary/aromatic N) is 2. The van der Waals surface area contributed by atoms with E-state index in [0.29, 0.717) is 18.7 Å². The summed E-state index contributed by atoms with van der Waals surface area (Å²) in [6.45, 7) is 0.735. The molecule has 0 radical (unpaired) electrons. The molecule has 1 fully saturated rings. The molecule has 1 atom stereocenters. The molecule has 1 saturated heterocycles. The fourth-order valence-electron chi connectivity index (χ4n) is 2.86. The maximum atomic E-state index is 12.9. The maximum Gasteiger partial charge on any atom is 0.354 e. The van der Waals surface area contributed by atoms with Gasteiger partial charge in [0.1, 0.15) is 5.69 Å². The van der Waals surface area contributed by atoms with E-state index in [1.54, 1.807) is 4.90 Å². The molecule has 1 aliphatic rings. The van der Waals surface area contributed by atoms with Gasteiger partial charge in [0.15, 0.2) is 0 Å². The van der Waals surface area contributed by atoms with Crippen molar-refractivity contribution in [2.75, 3.05) is 13.1 Å². The highest BCUT2D eigenvalue weighted by atomic mass is 16.4. The lowest BCUT2D eigenvalue weighted by Crippen LogP contribution is -2.36. The van der Waals surface area contributed by atoms with Crippen molar-refractivity contribution in [1.29, 1.82) is 0 Å². The zero-order valence-electron chi connectivity index (χ0n) is 13.4. The highest BCUT2D eigenvalue weighted by Crippen LogP contribution is 2.27. The molecular formula is C18H17N3O4. The van der Waals surface area contributed by atoms with Crippen molar-refractivity contribution < 1.29 is 19.5 Å². The number of benzene rings is 1. The number of hydrogen-bond acceptors (Lipinski definition) is 4. The monoisotopic (exact) mass is 339 g/mol. The van der Waals surface area contributed by atoms with Crippen molar-refractivity contribution >= 4 is 17.8 Å². The minimum absolute atomic E-state index is 0.108. The summed E-state index contributed by atoms with van der Waals surface area (Å²) < 4.78 is 0. The third kappa shape index (κ3) is 3.65. The molecule has 25 heavy (non-hydrogen) atoms. The first-order valence-corrected chi connectivity index (χ1v) is 7.88. The van der Waals surface area contributed by atoms with Gasteiger partial charge in [0, 0.05) is 19.3 Å². The predicted molar refractivity (Wildman–Crippen MR) is 89.0 cm³/mol. The zero-order chi connectivity index (χ0) is 17.8. The molecule has 128 valence electrons. The number of rotatable bonds is 3. The van der Waals surface area contributed by atoms with E-state index >= 15 is 0 Å². The minimum Gasteiger partial charge on any atom is -0.477 e. The molecular weight excluding hydrogens is 322 g/mol. The fourth-order valence-corrected chi connectivity index (χ4v) is 2.86. The third-order valence-electron chi connectivity index (χ3n) is 4.10. The SMILES string of the molecule is O=C1C[C@H](c2ccccc2)N(C(=O)c2ccc(C(=O)O)nc2)CCN1. The Labute approximate surface area is 144 Å². The van der Waals surface area contributed by atoms with Crippen LogP contribution in [0.15, 0.2) is 48.7 Å². The number of amides is 2. The molecule has 7 nitrogen and oxygen atoms in total. The Hall–Kier alpha value is -3.22. The molecule has 2 N–H and O–H groups in total. The summed E-state index contributed by atoms with van der Waals surface area (Å²) in [7, 11) is 0. The van der Waals surface area contributed by atoms with E-state index in [0.717, 1.165) is 5.56 Å². The Bertz CT molecular complexity index is 790. The molecule has 0 spiro atoms. The summed E-state index contributed by atoms with van der Waals surface area (Å²) >= 11 is 0. The number of aromatic carboxylic acids is 1. The average molecular weight is 339 g/mol. The molecule has 1 aromatic heterocycles. The molecule has 2 amide bonds. The topological polar surface area (TPSA) is 99.6 Å². The van der Waals surface area contributed by atoms with E-state index in [4.69, 9.17) is 5.11 Å². The minimum atomic E-state index is -1.15. The van der Waals surface area contributed by atoms with Gasteiger partial charge < -0.3 is 15.3 Å². The van der Waals surface area contributed by atoms with Gasteiger partial charge in [0.25, 0.3) is 5.91 Å². The Morgan fingerprint density at radius 1 is 1.16 bits per heavy atom.